The van der Waals surface area contributed by atoms with Crippen molar-refractivity contribution in [2.24, 2.45) is 0 Å². The Morgan fingerprint density at radius 1 is 1.21 bits per heavy atom. The summed E-state index contributed by atoms with van der Waals surface area (Å²) >= 11 is 0. The molecule has 146 valence electrons. The van der Waals surface area contributed by atoms with Crippen molar-refractivity contribution in [3.63, 3.8) is 0 Å². The molecule has 0 saturated carbocycles. The minimum Gasteiger partial charge on any atom is -0.493 e. The number of aromatic nitrogens is 2. The second kappa shape index (κ2) is 7.89. The van der Waals surface area contributed by atoms with Gasteiger partial charge in [-0.25, -0.2) is 9.78 Å². The van der Waals surface area contributed by atoms with E-state index in [1.54, 1.807) is 42.6 Å². The molecule has 2 heterocycles. The lowest BCUT2D eigenvalue weighted by atomic mass is 10.1. The molecule has 0 aliphatic carbocycles. The molecular weight excluding hydrogens is 374 g/mol. The molecule has 2 aromatic carbocycles. The van der Waals surface area contributed by atoms with Crippen molar-refractivity contribution in [1.82, 2.24) is 9.97 Å². The van der Waals surface area contributed by atoms with Crippen molar-refractivity contribution in [1.29, 1.82) is 0 Å². The quantitative estimate of drug-likeness (QED) is 0.489. The summed E-state index contributed by atoms with van der Waals surface area (Å²) in [6.07, 6.45) is 3.14. The highest BCUT2D eigenvalue weighted by atomic mass is 16.5. The fraction of sp³-hybridized carbons (Fsp3) is 0.0952. The second-order valence-electron chi connectivity index (χ2n) is 6.13. The Kier molecular flexibility index (Phi) is 4.98. The molecule has 1 amide bonds. The number of hydrogen-bond donors (Lipinski definition) is 2. The van der Waals surface area contributed by atoms with E-state index in [-0.39, 0.29) is 12.5 Å². The largest absolute Gasteiger partial charge is 0.493 e. The minimum absolute atomic E-state index is 0.169. The van der Waals surface area contributed by atoms with E-state index in [0.29, 0.717) is 34.2 Å². The van der Waals surface area contributed by atoms with Crippen LogP contribution in [0.25, 0.3) is 22.1 Å². The summed E-state index contributed by atoms with van der Waals surface area (Å²) in [5, 5.41) is 3.33. The van der Waals surface area contributed by atoms with Crippen LogP contribution >= 0.6 is 0 Å². The maximum absolute atomic E-state index is 12.4. The van der Waals surface area contributed by atoms with Gasteiger partial charge in [0.05, 0.1) is 12.7 Å². The van der Waals surface area contributed by atoms with Crippen LogP contribution in [-0.4, -0.2) is 29.6 Å². The van der Waals surface area contributed by atoms with Crippen LogP contribution in [0.1, 0.15) is 0 Å². The number of methoxy groups -OCH3 is 1. The van der Waals surface area contributed by atoms with Gasteiger partial charge in [0.25, 0.3) is 5.91 Å². The van der Waals surface area contributed by atoms with E-state index in [0.717, 1.165) is 5.39 Å². The van der Waals surface area contributed by atoms with E-state index in [2.05, 4.69) is 15.3 Å². The topological polar surface area (TPSA) is 106 Å². The van der Waals surface area contributed by atoms with Crippen molar-refractivity contribution in [3.05, 3.63) is 71.3 Å². The molecule has 0 aliphatic heterocycles. The highest BCUT2D eigenvalue weighted by Crippen LogP contribution is 2.28. The lowest BCUT2D eigenvalue weighted by molar-refractivity contribution is -0.118. The van der Waals surface area contributed by atoms with Gasteiger partial charge < -0.3 is 18.9 Å². The number of ether oxygens (including phenoxy) is 2. The van der Waals surface area contributed by atoms with Gasteiger partial charge in [-0.3, -0.25) is 10.1 Å². The molecule has 0 bridgehead atoms. The number of fused-ring (bicyclic) bond motifs is 1. The number of amides is 1. The third kappa shape index (κ3) is 3.96. The molecule has 8 nitrogen and oxygen atoms in total. The first-order valence-corrected chi connectivity index (χ1v) is 8.77. The first kappa shape index (κ1) is 18.3. The van der Waals surface area contributed by atoms with Gasteiger partial charge in [0.2, 0.25) is 5.95 Å². The smallest absolute Gasteiger partial charge is 0.344 e. The normalized spacial score (nSPS) is 10.7. The lowest BCUT2D eigenvalue weighted by Gasteiger charge is -2.08. The van der Waals surface area contributed by atoms with E-state index >= 15 is 0 Å². The number of aromatic amines is 1. The van der Waals surface area contributed by atoms with Crippen molar-refractivity contribution in [3.8, 4) is 22.6 Å². The molecule has 0 aliphatic rings. The van der Waals surface area contributed by atoms with Gasteiger partial charge >= 0.3 is 5.63 Å². The van der Waals surface area contributed by atoms with E-state index in [4.69, 9.17) is 13.9 Å². The maximum atomic E-state index is 12.4. The number of H-pyrrole nitrogens is 1. The monoisotopic (exact) mass is 391 g/mol. The van der Waals surface area contributed by atoms with Crippen LogP contribution < -0.4 is 20.4 Å². The molecule has 0 atom stereocenters. The number of nitrogens with one attached hydrogen (secondary N) is 2. The number of rotatable bonds is 6. The van der Waals surface area contributed by atoms with Gasteiger partial charge in [-0.15, -0.1) is 0 Å². The third-order valence-corrected chi connectivity index (χ3v) is 4.24. The third-order valence-electron chi connectivity index (χ3n) is 4.24. The highest BCUT2D eigenvalue weighted by molar-refractivity contribution is 5.90. The van der Waals surface area contributed by atoms with Gasteiger partial charge in [-0.2, -0.15) is 0 Å². The summed E-state index contributed by atoms with van der Waals surface area (Å²) in [5.74, 6) is 1.01. The number of imidazole rings is 1. The second-order valence-corrected chi connectivity index (χ2v) is 6.13. The maximum Gasteiger partial charge on any atom is 0.344 e. The molecule has 0 unspecified atom stereocenters. The summed E-state index contributed by atoms with van der Waals surface area (Å²) in [5.41, 5.74) is 1.04. The average molecular weight is 391 g/mol. The Morgan fingerprint density at radius 2 is 2.03 bits per heavy atom. The van der Waals surface area contributed by atoms with E-state index in [1.807, 2.05) is 12.1 Å². The summed E-state index contributed by atoms with van der Waals surface area (Å²) in [7, 11) is 1.52. The zero-order chi connectivity index (χ0) is 20.2. The molecule has 0 saturated heterocycles. The van der Waals surface area contributed by atoms with Gasteiger partial charge in [0.15, 0.2) is 17.9 Å². The van der Waals surface area contributed by atoms with Gasteiger partial charge in [0, 0.05) is 17.8 Å². The summed E-state index contributed by atoms with van der Waals surface area (Å²) in [4.78, 5) is 31.0. The number of hydrogen-bond acceptors (Lipinski definition) is 6. The zero-order valence-corrected chi connectivity index (χ0v) is 15.5. The predicted octanol–water partition coefficient (Wildman–Crippen LogP) is 3.21. The van der Waals surface area contributed by atoms with Gasteiger partial charge in [-0.1, -0.05) is 24.3 Å². The fourth-order valence-electron chi connectivity index (χ4n) is 2.86. The molecule has 29 heavy (non-hydrogen) atoms. The molecule has 0 fully saturated rings. The first-order chi connectivity index (χ1) is 14.1. The van der Waals surface area contributed by atoms with Gasteiger partial charge in [0.1, 0.15) is 5.75 Å². The van der Waals surface area contributed by atoms with Crippen LogP contribution in [0.4, 0.5) is 5.95 Å². The summed E-state index contributed by atoms with van der Waals surface area (Å²) in [6, 6.07) is 14.0. The highest BCUT2D eigenvalue weighted by Gasteiger charge is 2.11. The number of carbonyl (C=O) groups excluding carboxylic acids is 1. The van der Waals surface area contributed by atoms with E-state index in [1.165, 1.54) is 13.3 Å². The minimum atomic E-state index is -0.464. The number of anilines is 1. The summed E-state index contributed by atoms with van der Waals surface area (Å²) in [6.45, 7) is -0.169. The van der Waals surface area contributed by atoms with Crippen molar-refractivity contribution < 1.29 is 18.7 Å². The molecule has 8 heteroatoms. The number of para-hydroxylation sites is 1. The fourth-order valence-corrected chi connectivity index (χ4v) is 2.86. The Hall–Kier alpha value is -4.07. The van der Waals surface area contributed by atoms with Crippen molar-refractivity contribution >= 4 is 22.8 Å². The average Bonchev–Trinajstić information content (AvgIpc) is 3.25. The van der Waals surface area contributed by atoms with Crippen LogP contribution in [-0.2, 0) is 4.79 Å². The van der Waals surface area contributed by atoms with Crippen LogP contribution in [0, 0.1) is 0 Å². The molecule has 4 aromatic rings. The molecule has 2 aromatic heterocycles. The Labute approximate surface area is 165 Å². The van der Waals surface area contributed by atoms with Crippen LogP contribution in [0.5, 0.6) is 11.5 Å². The van der Waals surface area contributed by atoms with E-state index < -0.39 is 5.63 Å². The van der Waals surface area contributed by atoms with Crippen molar-refractivity contribution in [2.45, 2.75) is 0 Å². The lowest BCUT2D eigenvalue weighted by Crippen LogP contribution is -2.20. The summed E-state index contributed by atoms with van der Waals surface area (Å²) < 4.78 is 16.2. The van der Waals surface area contributed by atoms with Crippen LogP contribution in [0.3, 0.4) is 0 Å². The number of benzene rings is 2. The van der Waals surface area contributed by atoms with Crippen molar-refractivity contribution in [2.75, 3.05) is 19.0 Å². The van der Waals surface area contributed by atoms with Crippen LogP contribution in [0.15, 0.2) is 70.1 Å². The Bertz CT molecular complexity index is 1200. The Morgan fingerprint density at radius 3 is 2.76 bits per heavy atom. The molecule has 4 rings (SSSR count). The number of carbonyl (C=O) groups is 1. The number of nitrogens with zero attached hydrogens (tertiary/aromatic N) is 1. The standard InChI is InChI=1S/C21H17N3O5/c1-27-17-4-2-3-14-11-16(20(26)29-19(14)17)13-5-7-15(8-6-13)28-12-18(25)24-21-22-9-10-23-21/h2-11H,12H2,1H3,(H2,22,23,24,25). The first-order valence-electron chi connectivity index (χ1n) is 8.77. The molecular formula is C21H17N3O5. The SMILES string of the molecule is COc1cccc2cc(-c3ccc(OCC(=O)Nc4ncc[nH]4)cc3)c(=O)oc12. The predicted molar refractivity (Wildman–Crippen MR) is 107 cm³/mol. The van der Waals surface area contributed by atoms with Gasteiger partial charge in [-0.05, 0) is 29.8 Å². The Balaban J connectivity index is 1.49. The van der Waals surface area contributed by atoms with Crippen LogP contribution in [0.2, 0.25) is 0 Å². The molecule has 0 radical (unpaired) electrons. The molecule has 2 N–H and O–H groups in total. The van der Waals surface area contributed by atoms with E-state index in [9.17, 15) is 9.59 Å². The molecule has 0 spiro atoms. The zero-order valence-electron chi connectivity index (χ0n) is 15.5.